The van der Waals surface area contributed by atoms with E-state index in [1.807, 2.05) is 0 Å². The van der Waals surface area contributed by atoms with Crippen molar-refractivity contribution in [3.05, 3.63) is 0 Å². The third kappa shape index (κ3) is 40.7. The first-order chi connectivity index (χ1) is 26.0. The molecule has 54 heavy (non-hydrogen) atoms. The first-order valence-electron chi connectivity index (χ1n) is 23.2. The van der Waals surface area contributed by atoms with Gasteiger partial charge in [0.2, 0.25) is 0 Å². The van der Waals surface area contributed by atoms with Gasteiger partial charge in [0, 0.05) is 19.5 Å². The van der Waals surface area contributed by atoms with Crippen molar-refractivity contribution < 1.29 is 32.7 Å². The number of esters is 2. The Morgan fingerprint density at radius 1 is 0.481 bits per heavy atom. The van der Waals surface area contributed by atoms with Crippen LogP contribution in [0.4, 0.5) is 0 Å². The van der Waals surface area contributed by atoms with Crippen LogP contribution < -0.4 is 0 Å². The Labute approximate surface area is 335 Å². The van der Waals surface area contributed by atoms with E-state index in [9.17, 15) is 14.2 Å². The lowest BCUT2D eigenvalue weighted by atomic mass is 9.93. The minimum atomic E-state index is -3.36. The van der Waals surface area contributed by atoms with Crippen LogP contribution in [0.5, 0.6) is 0 Å². The van der Waals surface area contributed by atoms with E-state index >= 15 is 0 Å². The highest BCUT2D eigenvalue weighted by Crippen LogP contribution is 2.44. The molecule has 0 saturated carbocycles. The lowest BCUT2D eigenvalue weighted by Gasteiger charge is -2.22. The third-order valence-electron chi connectivity index (χ3n) is 10.4. The highest BCUT2D eigenvalue weighted by atomic mass is 31.2. The van der Waals surface area contributed by atoms with Gasteiger partial charge < -0.3 is 18.5 Å². The zero-order chi connectivity index (χ0) is 40.0. The first-order valence-corrected chi connectivity index (χ1v) is 25.2. The largest absolute Gasteiger partial charge is 0.462 e. The summed E-state index contributed by atoms with van der Waals surface area (Å²) in [7, 11) is -3.36. The molecule has 0 spiro atoms. The minimum absolute atomic E-state index is 0.0475. The minimum Gasteiger partial charge on any atom is -0.462 e. The van der Waals surface area contributed by atoms with Gasteiger partial charge >= 0.3 is 19.5 Å². The number of carbonyl (C=O) groups excluding carboxylic acids is 2. The quantitative estimate of drug-likeness (QED) is 0.0346. The molecule has 1 unspecified atom stereocenters. The third-order valence-corrected chi connectivity index (χ3v) is 11.6. The van der Waals surface area contributed by atoms with Crippen molar-refractivity contribution in [3.8, 4) is 0 Å². The molecule has 8 heteroatoms. The van der Waals surface area contributed by atoms with Crippen LogP contribution in [0.1, 0.15) is 247 Å². The standard InChI is InChI=1S/C46H91O7P/c1-7-9-11-13-15-17-19-21-23-25-27-29-31-33-35-37-44(47)50-41-43(42-52-54(6,49)51-40-39-46(3,4)5)53-45(48)38-36-34-32-30-28-26-24-22-20-18-16-14-12-10-8-2/h43H,7-42H2,1-6H3/t43-,54?/m1/s1. The molecule has 0 bridgehead atoms. The van der Waals surface area contributed by atoms with Crippen molar-refractivity contribution >= 4 is 19.5 Å². The van der Waals surface area contributed by atoms with Gasteiger partial charge in [-0.25, -0.2) is 0 Å². The van der Waals surface area contributed by atoms with E-state index in [1.54, 1.807) is 0 Å². The van der Waals surface area contributed by atoms with Gasteiger partial charge in [0.15, 0.2) is 6.10 Å². The molecule has 0 aliphatic carbocycles. The summed E-state index contributed by atoms with van der Waals surface area (Å²) in [5.41, 5.74) is 0.0475. The zero-order valence-electron chi connectivity index (χ0n) is 36.8. The van der Waals surface area contributed by atoms with E-state index < -0.39 is 13.7 Å². The second kappa shape index (κ2) is 37.7. The van der Waals surface area contributed by atoms with Crippen molar-refractivity contribution in [2.45, 2.75) is 253 Å². The summed E-state index contributed by atoms with van der Waals surface area (Å²) < 4.78 is 35.3. The summed E-state index contributed by atoms with van der Waals surface area (Å²) in [6.07, 6.45) is 38.7. The van der Waals surface area contributed by atoms with Crippen molar-refractivity contribution in [2.75, 3.05) is 26.5 Å². The van der Waals surface area contributed by atoms with Crippen molar-refractivity contribution in [3.63, 3.8) is 0 Å². The van der Waals surface area contributed by atoms with Crippen LogP contribution in [0.2, 0.25) is 0 Å². The smallest absolute Gasteiger partial charge is 0.327 e. The number of hydrogen-bond acceptors (Lipinski definition) is 7. The van der Waals surface area contributed by atoms with Gasteiger partial charge in [0.25, 0.3) is 0 Å². The second-order valence-corrected chi connectivity index (χ2v) is 19.5. The maximum atomic E-state index is 12.9. The topological polar surface area (TPSA) is 88.1 Å². The Bertz CT molecular complexity index is 887. The summed E-state index contributed by atoms with van der Waals surface area (Å²) in [6, 6.07) is 0. The summed E-state index contributed by atoms with van der Waals surface area (Å²) in [4.78, 5) is 25.3. The molecule has 0 fully saturated rings. The van der Waals surface area contributed by atoms with Gasteiger partial charge in [-0.15, -0.1) is 0 Å². The van der Waals surface area contributed by atoms with Gasteiger partial charge in [-0.1, -0.05) is 214 Å². The van der Waals surface area contributed by atoms with Crippen molar-refractivity contribution in [1.29, 1.82) is 0 Å². The Hall–Kier alpha value is -0.910. The summed E-state index contributed by atoms with van der Waals surface area (Å²) in [5, 5.41) is 0. The molecule has 322 valence electrons. The maximum absolute atomic E-state index is 12.9. The Balaban J connectivity index is 4.30. The summed E-state index contributed by atoms with van der Waals surface area (Å²) in [6.45, 7) is 12.3. The predicted molar refractivity (Wildman–Crippen MR) is 229 cm³/mol. The van der Waals surface area contributed by atoms with Gasteiger partial charge in [-0.05, 0) is 24.7 Å². The van der Waals surface area contributed by atoms with E-state index in [4.69, 9.17) is 18.5 Å². The molecule has 0 aromatic carbocycles. The van der Waals surface area contributed by atoms with Crippen LogP contribution in [0.15, 0.2) is 0 Å². The van der Waals surface area contributed by atoms with Gasteiger partial charge in [-0.3, -0.25) is 14.2 Å². The lowest BCUT2D eigenvalue weighted by molar-refractivity contribution is -0.161. The molecule has 0 N–H and O–H groups in total. The Morgan fingerprint density at radius 3 is 1.17 bits per heavy atom. The van der Waals surface area contributed by atoms with Crippen LogP contribution >= 0.6 is 7.60 Å². The Morgan fingerprint density at radius 2 is 0.815 bits per heavy atom. The highest BCUT2D eigenvalue weighted by molar-refractivity contribution is 7.52. The molecule has 2 atom stereocenters. The molecule has 0 aromatic rings. The monoisotopic (exact) mass is 787 g/mol. The first kappa shape index (κ1) is 53.1. The SMILES string of the molecule is CCCCCCCCCCCCCCCCCC(=O)OC[C@H](COP(C)(=O)OCCC(C)(C)C)OC(=O)CCCCCCCCCCCCCCCCC. The fourth-order valence-corrected chi connectivity index (χ4v) is 7.61. The summed E-state index contributed by atoms with van der Waals surface area (Å²) in [5.74, 6) is -0.634. The second-order valence-electron chi connectivity index (χ2n) is 17.4. The van der Waals surface area contributed by atoms with E-state index in [0.717, 1.165) is 44.9 Å². The molecule has 0 rings (SSSR count). The molecule has 7 nitrogen and oxygen atoms in total. The van der Waals surface area contributed by atoms with Crippen LogP contribution in [0.25, 0.3) is 0 Å². The van der Waals surface area contributed by atoms with Crippen molar-refractivity contribution in [1.82, 2.24) is 0 Å². The molecular formula is C46H91O7P. The molecule has 0 radical (unpaired) electrons. The van der Waals surface area contributed by atoms with Crippen LogP contribution in [0, 0.1) is 5.41 Å². The molecule has 0 aliphatic heterocycles. The van der Waals surface area contributed by atoms with E-state index in [0.29, 0.717) is 19.4 Å². The van der Waals surface area contributed by atoms with E-state index in [-0.39, 0.29) is 30.6 Å². The van der Waals surface area contributed by atoms with E-state index in [1.165, 1.54) is 161 Å². The fraction of sp³-hybridized carbons (Fsp3) is 0.957. The van der Waals surface area contributed by atoms with Gasteiger partial charge in [0.1, 0.15) is 6.61 Å². The number of rotatable bonds is 41. The van der Waals surface area contributed by atoms with Crippen molar-refractivity contribution in [2.24, 2.45) is 5.41 Å². The van der Waals surface area contributed by atoms with E-state index in [2.05, 4.69) is 34.6 Å². The maximum Gasteiger partial charge on any atom is 0.327 e. The lowest BCUT2D eigenvalue weighted by Crippen LogP contribution is -2.29. The fourth-order valence-electron chi connectivity index (χ4n) is 6.67. The summed E-state index contributed by atoms with van der Waals surface area (Å²) >= 11 is 0. The number of unbranched alkanes of at least 4 members (excludes halogenated alkanes) is 28. The van der Waals surface area contributed by atoms with Crippen LogP contribution in [0.3, 0.4) is 0 Å². The average Bonchev–Trinajstić information content (AvgIpc) is 3.12. The zero-order valence-corrected chi connectivity index (χ0v) is 37.7. The average molecular weight is 787 g/mol. The number of carbonyl (C=O) groups is 2. The molecule has 0 aliphatic rings. The number of ether oxygens (including phenoxy) is 2. The molecule has 0 aromatic heterocycles. The predicted octanol–water partition coefficient (Wildman–Crippen LogP) is 15.3. The highest BCUT2D eigenvalue weighted by Gasteiger charge is 2.24. The number of hydrogen-bond donors (Lipinski definition) is 0. The Kier molecular flexibility index (Phi) is 37.0. The molecular weight excluding hydrogens is 695 g/mol. The van der Waals surface area contributed by atoms with Crippen LogP contribution in [-0.2, 0) is 32.7 Å². The van der Waals surface area contributed by atoms with Gasteiger partial charge in [0.05, 0.1) is 13.2 Å². The normalized spacial score (nSPS) is 13.5. The van der Waals surface area contributed by atoms with Gasteiger partial charge in [-0.2, -0.15) is 0 Å². The molecule has 0 amide bonds. The molecule has 0 saturated heterocycles. The van der Waals surface area contributed by atoms with Crippen LogP contribution in [-0.4, -0.2) is 44.5 Å². The molecule has 0 heterocycles.